The molecular formula is C14H21ClN2O2. The smallest absolute Gasteiger partial charge is 0.227 e. The van der Waals surface area contributed by atoms with Gasteiger partial charge < -0.3 is 15.4 Å². The number of methoxy groups -OCH3 is 1. The van der Waals surface area contributed by atoms with Gasteiger partial charge in [-0.15, -0.1) is 12.4 Å². The first-order chi connectivity index (χ1) is 8.74. The highest BCUT2D eigenvalue weighted by Gasteiger charge is 2.27. The second-order valence-electron chi connectivity index (χ2n) is 4.64. The number of carbonyl (C=O) groups excluding carboxylic acids is 1. The lowest BCUT2D eigenvalue weighted by atomic mass is 10.1. The number of benzene rings is 1. The van der Waals surface area contributed by atoms with E-state index < -0.39 is 0 Å². The van der Waals surface area contributed by atoms with Crippen LogP contribution >= 0.6 is 12.4 Å². The normalized spacial score (nSPS) is 18.0. The van der Waals surface area contributed by atoms with Gasteiger partial charge in [0.25, 0.3) is 0 Å². The van der Waals surface area contributed by atoms with Gasteiger partial charge in [0.2, 0.25) is 5.91 Å². The van der Waals surface area contributed by atoms with Crippen LogP contribution < -0.4 is 10.5 Å². The number of halogens is 1. The maximum atomic E-state index is 12.2. The summed E-state index contributed by atoms with van der Waals surface area (Å²) in [5.74, 6) is 0.986. The molecule has 4 nitrogen and oxygen atoms in total. The lowest BCUT2D eigenvalue weighted by molar-refractivity contribution is -0.131. The van der Waals surface area contributed by atoms with Crippen LogP contribution in [0.5, 0.6) is 5.75 Å². The van der Waals surface area contributed by atoms with E-state index in [2.05, 4.69) is 0 Å². The van der Waals surface area contributed by atoms with Crippen molar-refractivity contribution in [1.29, 1.82) is 0 Å². The van der Waals surface area contributed by atoms with E-state index in [0.717, 1.165) is 30.7 Å². The van der Waals surface area contributed by atoms with Crippen LogP contribution in [0.3, 0.4) is 0 Å². The Kier molecular flexibility index (Phi) is 6.12. The molecule has 106 valence electrons. The van der Waals surface area contributed by atoms with Crippen LogP contribution in [0.25, 0.3) is 0 Å². The number of carbonyl (C=O) groups is 1. The molecule has 1 heterocycles. The summed E-state index contributed by atoms with van der Waals surface area (Å²) >= 11 is 0. The third kappa shape index (κ3) is 3.85. The van der Waals surface area contributed by atoms with E-state index in [9.17, 15) is 4.79 Å². The highest BCUT2D eigenvalue weighted by molar-refractivity contribution is 5.85. The second kappa shape index (κ2) is 7.36. The molecule has 0 saturated carbocycles. The summed E-state index contributed by atoms with van der Waals surface area (Å²) in [6.07, 6.45) is 2.54. The average molecular weight is 285 g/mol. The maximum Gasteiger partial charge on any atom is 0.227 e. The highest BCUT2D eigenvalue weighted by atomic mass is 35.5. The molecule has 1 saturated heterocycles. The zero-order valence-corrected chi connectivity index (χ0v) is 12.0. The number of ether oxygens (including phenoxy) is 1. The van der Waals surface area contributed by atoms with E-state index in [1.165, 1.54) is 0 Å². The van der Waals surface area contributed by atoms with Gasteiger partial charge in [-0.1, -0.05) is 12.1 Å². The molecule has 5 heteroatoms. The summed E-state index contributed by atoms with van der Waals surface area (Å²) in [6.45, 7) is 1.41. The van der Waals surface area contributed by atoms with Gasteiger partial charge in [0, 0.05) is 19.1 Å². The molecule has 2 rings (SSSR count). The predicted octanol–water partition coefficient (Wildman–Crippen LogP) is 1.61. The summed E-state index contributed by atoms with van der Waals surface area (Å²) in [5, 5.41) is 0. The third-order valence-corrected chi connectivity index (χ3v) is 3.48. The standard InChI is InChI=1S/C14H20N2O2.ClH/c1-18-13-6-4-11(5-7-13)9-14(17)16-8-2-3-12(16)10-15;/h4-7,12H,2-3,8-10,15H2,1H3;1H. The fraction of sp³-hybridized carbons (Fsp3) is 0.500. The van der Waals surface area contributed by atoms with Gasteiger partial charge in [0.15, 0.2) is 0 Å². The summed E-state index contributed by atoms with van der Waals surface area (Å²) in [6, 6.07) is 7.87. The summed E-state index contributed by atoms with van der Waals surface area (Å²) in [4.78, 5) is 14.1. The zero-order chi connectivity index (χ0) is 13.0. The van der Waals surface area contributed by atoms with Crippen molar-refractivity contribution < 1.29 is 9.53 Å². The Bertz CT molecular complexity index is 408. The van der Waals surface area contributed by atoms with E-state index >= 15 is 0 Å². The Morgan fingerprint density at radius 2 is 2.11 bits per heavy atom. The first-order valence-corrected chi connectivity index (χ1v) is 6.37. The van der Waals surface area contributed by atoms with Crippen molar-refractivity contribution in [2.75, 3.05) is 20.2 Å². The number of nitrogens with two attached hydrogens (primary N) is 1. The monoisotopic (exact) mass is 284 g/mol. The molecule has 19 heavy (non-hydrogen) atoms. The fourth-order valence-corrected chi connectivity index (χ4v) is 2.43. The Morgan fingerprint density at radius 1 is 1.42 bits per heavy atom. The molecular weight excluding hydrogens is 264 g/mol. The molecule has 0 aliphatic carbocycles. The van der Waals surface area contributed by atoms with Gasteiger partial charge in [-0.05, 0) is 30.5 Å². The first-order valence-electron chi connectivity index (χ1n) is 6.37. The predicted molar refractivity (Wildman–Crippen MR) is 77.7 cm³/mol. The Labute approximate surface area is 120 Å². The van der Waals surface area contributed by atoms with Gasteiger partial charge in [0.1, 0.15) is 5.75 Å². The van der Waals surface area contributed by atoms with E-state index in [0.29, 0.717) is 13.0 Å². The van der Waals surface area contributed by atoms with Crippen molar-refractivity contribution in [1.82, 2.24) is 4.90 Å². The van der Waals surface area contributed by atoms with Crippen LogP contribution in [0.4, 0.5) is 0 Å². The Hall–Kier alpha value is -1.26. The van der Waals surface area contributed by atoms with Crippen molar-refractivity contribution in [2.45, 2.75) is 25.3 Å². The lowest BCUT2D eigenvalue weighted by Gasteiger charge is -2.23. The van der Waals surface area contributed by atoms with Crippen molar-refractivity contribution >= 4 is 18.3 Å². The Morgan fingerprint density at radius 3 is 2.68 bits per heavy atom. The molecule has 1 aliphatic rings. The zero-order valence-electron chi connectivity index (χ0n) is 11.2. The fourth-order valence-electron chi connectivity index (χ4n) is 2.43. The van der Waals surface area contributed by atoms with Crippen molar-refractivity contribution in [3.05, 3.63) is 29.8 Å². The topological polar surface area (TPSA) is 55.6 Å². The highest BCUT2D eigenvalue weighted by Crippen LogP contribution is 2.18. The number of nitrogens with zero attached hydrogens (tertiary/aromatic N) is 1. The van der Waals surface area contributed by atoms with E-state index in [1.54, 1.807) is 7.11 Å². The Balaban J connectivity index is 0.00000180. The lowest BCUT2D eigenvalue weighted by Crippen LogP contribution is -2.40. The molecule has 0 spiro atoms. The molecule has 1 amide bonds. The summed E-state index contributed by atoms with van der Waals surface area (Å²) in [5.41, 5.74) is 6.70. The average Bonchev–Trinajstić information content (AvgIpc) is 2.88. The molecule has 2 N–H and O–H groups in total. The molecule has 1 aliphatic heterocycles. The number of hydrogen-bond acceptors (Lipinski definition) is 3. The molecule has 1 aromatic carbocycles. The maximum absolute atomic E-state index is 12.2. The molecule has 1 aromatic rings. The number of rotatable bonds is 4. The molecule has 1 fully saturated rings. The minimum Gasteiger partial charge on any atom is -0.497 e. The number of likely N-dealkylation sites (tertiary alicyclic amines) is 1. The van der Waals surface area contributed by atoms with Crippen molar-refractivity contribution in [3.63, 3.8) is 0 Å². The van der Waals surface area contributed by atoms with E-state index in [-0.39, 0.29) is 24.4 Å². The summed E-state index contributed by atoms with van der Waals surface area (Å²) < 4.78 is 5.10. The molecule has 0 aromatic heterocycles. The van der Waals surface area contributed by atoms with Crippen LogP contribution in [0.2, 0.25) is 0 Å². The summed E-state index contributed by atoms with van der Waals surface area (Å²) in [7, 11) is 1.64. The molecule has 0 bridgehead atoms. The third-order valence-electron chi connectivity index (χ3n) is 3.48. The largest absolute Gasteiger partial charge is 0.497 e. The SMILES string of the molecule is COc1ccc(CC(=O)N2CCCC2CN)cc1.Cl. The minimum atomic E-state index is 0. The molecule has 1 unspecified atom stereocenters. The number of amides is 1. The van der Waals surface area contributed by atoms with Crippen LogP contribution in [0.15, 0.2) is 24.3 Å². The quantitative estimate of drug-likeness (QED) is 0.914. The van der Waals surface area contributed by atoms with Crippen LogP contribution in [0.1, 0.15) is 18.4 Å². The van der Waals surface area contributed by atoms with Crippen LogP contribution in [0, 0.1) is 0 Å². The molecule has 0 radical (unpaired) electrons. The van der Waals surface area contributed by atoms with Crippen molar-refractivity contribution in [3.8, 4) is 5.75 Å². The van der Waals surface area contributed by atoms with E-state index in [1.807, 2.05) is 29.2 Å². The van der Waals surface area contributed by atoms with Crippen molar-refractivity contribution in [2.24, 2.45) is 5.73 Å². The van der Waals surface area contributed by atoms with Gasteiger partial charge in [-0.25, -0.2) is 0 Å². The van der Waals surface area contributed by atoms with Gasteiger partial charge in [-0.2, -0.15) is 0 Å². The van der Waals surface area contributed by atoms with Crippen LogP contribution in [-0.4, -0.2) is 37.0 Å². The minimum absolute atomic E-state index is 0. The van der Waals surface area contributed by atoms with Crippen LogP contribution in [-0.2, 0) is 11.2 Å². The van der Waals surface area contributed by atoms with Gasteiger partial charge in [0.05, 0.1) is 13.5 Å². The van der Waals surface area contributed by atoms with Gasteiger partial charge in [-0.3, -0.25) is 4.79 Å². The molecule has 1 atom stereocenters. The first kappa shape index (κ1) is 15.8. The van der Waals surface area contributed by atoms with Gasteiger partial charge >= 0.3 is 0 Å². The second-order valence-corrected chi connectivity index (χ2v) is 4.64. The van der Waals surface area contributed by atoms with E-state index in [4.69, 9.17) is 10.5 Å². The number of hydrogen-bond donors (Lipinski definition) is 1.